The highest BCUT2D eigenvalue weighted by molar-refractivity contribution is 7.92. The van der Waals surface area contributed by atoms with E-state index >= 15 is 4.39 Å². The Morgan fingerprint density at radius 1 is 0.911 bits per heavy atom. The number of hydrogen-bond donors (Lipinski definition) is 1. The predicted molar refractivity (Wildman–Crippen MR) is 176 cm³/mol. The van der Waals surface area contributed by atoms with Crippen LogP contribution in [-0.2, 0) is 32.6 Å². The molecule has 1 atom stereocenters. The van der Waals surface area contributed by atoms with Gasteiger partial charge in [-0.05, 0) is 54.8 Å². The second-order valence-corrected chi connectivity index (χ2v) is 13.0. The van der Waals surface area contributed by atoms with Crippen LogP contribution in [0.15, 0.2) is 108 Å². The number of nitrogens with zero attached hydrogens (tertiary/aromatic N) is 2. The summed E-state index contributed by atoms with van der Waals surface area (Å²) in [5.41, 5.74) is 1.90. The number of hydrogen-bond acceptors (Lipinski definition) is 4. The van der Waals surface area contributed by atoms with Gasteiger partial charge in [0.15, 0.2) is 0 Å². The van der Waals surface area contributed by atoms with E-state index in [0.29, 0.717) is 11.6 Å². The number of anilines is 1. The summed E-state index contributed by atoms with van der Waals surface area (Å²) in [4.78, 5) is 29.4. The van der Waals surface area contributed by atoms with E-state index in [4.69, 9.17) is 11.6 Å². The van der Waals surface area contributed by atoms with Crippen LogP contribution in [0.4, 0.5) is 10.1 Å². The van der Waals surface area contributed by atoms with E-state index in [2.05, 4.69) is 5.32 Å². The van der Waals surface area contributed by atoms with Gasteiger partial charge in [0.05, 0.1) is 10.6 Å². The average Bonchev–Trinajstić information content (AvgIpc) is 3.04. The highest BCUT2D eigenvalue weighted by Crippen LogP contribution is 2.29. The van der Waals surface area contributed by atoms with E-state index in [1.807, 2.05) is 37.3 Å². The molecule has 0 saturated carbocycles. The molecular weight excluding hydrogens is 613 g/mol. The average molecular weight is 650 g/mol. The lowest BCUT2D eigenvalue weighted by Gasteiger charge is -2.34. The first-order valence-corrected chi connectivity index (χ1v) is 16.6. The summed E-state index contributed by atoms with van der Waals surface area (Å²) >= 11 is 6.41. The Hall–Kier alpha value is -4.21. The third-order valence-electron chi connectivity index (χ3n) is 7.45. The third-order valence-corrected chi connectivity index (χ3v) is 9.65. The summed E-state index contributed by atoms with van der Waals surface area (Å²) in [7, 11) is -4.26. The fourth-order valence-corrected chi connectivity index (χ4v) is 6.46. The van der Waals surface area contributed by atoms with Crippen molar-refractivity contribution < 1.29 is 22.4 Å². The number of rotatable bonds is 14. The zero-order valence-corrected chi connectivity index (χ0v) is 26.9. The Kier molecular flexibility index (Phi) is 11.7. The molecule has 4 aromatic carbocycles. The van der Waals surface area contributed by atoms with Gasteiger partial charge in [-0.3, -0.25) is 13.9 Å². The number of sulfonamides is 1. The van der Waals surface area contributed by atoms with Gasteiger partial charge in [0, 0.05) is 30.1 Å². The van der Waals surface area contributed by atoms with Crippen molar-refractivity contribution >= 4 is 39.1 Å². The summed E-state index contributed by atoms with van der Waals surface area (Å²) in [5.74, 6) is -1.63. The number of amides is 2. The maximum absolute atomic E-state index is 15.0. The lowest BCUT2D eigenvalue weighted by Crippen LogP contribution is -2.53. The molecule has 7 nitrogen and oxygen atoms in total. The van der Waals surface area contributed by atoms with Gasteiger partial charge in [0.25, 0.3) is 10.0 Å². The van der Waals surface area contributed by atoms with Crippen LogP contribution >= 0.6 is 11.6 Å². The highest BCUT2D eigenvalue weighted by Gasteiger charge is 2.35. The number of halogens is 2. The Labute approximate surface area is 269 Å². The van der Waals surface area contributed by atoms with Crippen LogP contribution in [0.25, 0.3) is 0 Å². The standard InChI is InChI=1S/C35H37ClFN3O4S/c1-3-4-21-38-35(42)33(22-27-13-7-5-8-14-27)39(24-28-15-11-12-18-32(28)37)34(41)25-40(29-20-19-26(2)31(36)23-29)45(43,44)30-16-9-6-10-17-30/h5-20,23,33H,3-4,21-22,24-25H2,1-2H3,(H,38,42)/t33-/m1/s1. The van der Waals surface area contributed by atoms with Gasteiger partial charge in [-0.25, -0.2) is 12.8 Å². The van der Waals surface area contributed by atoms with Gasteiger partial charge in [-0.15, -0.1) is 0 Å². The Balaban J connectivity index is 1.81. The second-order valence-electron chi connectivity index (χ2n) is 10.7. The summed E-state index contributed by atoms with van der Waals surface area (Å²) < 4.78 is 44.1. The third kappa shape index (κ3) is 8.71. The molecule has 0 aliphatic heterocycles. The quantitative estimate of drug-likeness (QED) is 0.157. The second kappa shape index (κ2) is 15.7. The number of unbranched alkanes of at least 4 members (excludes halogenated alkanes) is 1. The molecule has 0 unspecified atom stereocenters. The number of carbonyl (C=O) groups is 2. The fraction of sp³-hybridized carbons (Fsp3) is 0.257. The van der Waals surface area contributed by atoms with Crippen molar-refractivity contribution in [3.8, 4) is 0 Å². The maximum atomic E-state index is 15.0. The monoisotopic (exact) mass is 649 g/mol. The minimum Gasteiger partial charge on any atom is -0.354 e. The summed E-state index contributed by atoms with van der Waals surface area (Å²) in [6.07, 6.45) is 1.73. The first kappa shape index (κ1) is 33.7. The number of nitrogens with one attached hydrogen (secondary N) is 1. The summed E-state index contributed by atoms with van der Waals surface area (Å²) in [6, 6.07) is 26.7. The summed E-state index contributed by atoms with van der Waals surface area (Å²) in [5, 5.41) is 3.25. The molecule has 0 heterocycles. The number of benzene rings is 4. The van der Waals surface area contributed by atoms with Gasteiger partial charge >= 0.3 is 0 Å². The molecular formula is C35H37ClFN3O4S. The van der Waals surface area contributed by atoms with Crippen molar-refractivity contribution in [3.05, 3.63) is 131 Å². The Morgan fingerprint density at radius 2 is 1.56 bits per heavy atom. The zero-order valence-electron chi connectivity index (χ0n) is 25.3. The fourth-order valence-electron chi connectivity index (χ4n) is 4.86. The molecule has 0 fully saturated rings. The molecule has 10 heteroatoms. The number of carbonyl (C=O) groups excluding carboxylic acids is 2. The van der Waals surface area contributed by atoms with Crippen molar-refractivity contribution in [2.24, 2.45) is 0 Å². The van der Waals surface area contributed by atoms with Gasteiger partial charge in [0.2, 0.25) is 11.8 Å². The Morgan fingerprint density at radius 3 is 2.20 bits per heavy atom. The van der Waals surface area contributed by atoms with Gasteiger partial charge in [-0.2, -0.15) is 0 Å². The minimum atomic E-state index is -4.26. The molecule has 0 aliphatic carbocycles. The van der Waals surface area contributed by atoms with Crippen LogP contribution < -0.4 is 9.62 Å². The SMILES string of the molecule is CCCCNC(=O)[C@@H](Cc1ccccc1)N(Cc1ccccc1F)C(=O)CN(c1ccc(C)c(Cl)c1)S(=O)(=O)c1ccccc1. The molecule has 0 aliphatic rings. The molecule has 0 aromatic heterocycles. The van der Waals surface area contributed by atoms with Crippen molar-refractivity contribution in [1.82, 2.24) is 10.2 Å². The molecule has 0 radical (unpaired) electrons. The van der Waals surface area contributed by atoms with Gasteiger partial charge in [-0.1, -0.05) is 97.7 Å². The molecule has 1 N–H and O–H groups in total. The smallest absolute Gasteiger partial charge is 0.264 e. The van der Waals surface area contributed by atoms with E-state index in [1.54, 1.807) is 55.5 Å². The van der Waals surface area contributed by atoms with Gasteiger partial charge < -0.3 is 10.2 Å². The lowest BCUT2D eigenvalue weighted by molar-refractivity contribution is -0.140. The first-order chi connectivity index (χ1) is 21.6. The summed E-state index contributed by atoms with van der Waals surface area (Å²) in [6.45, 7) is 3.28. The highest BCUT2D eigenvalue weighted by atomic mass is 35.5. The maximum Gasteiger partial charge on any atom is 0.264 e. The van der Waals surface area contributed by atoms with Crippen LogP contribution in [0.5, 0.6) is 0 Å². The van der Waals surface area contributed by atoms with Crippen LogP contribution in [0.1, 0.15) is 36.5 Å². The predicted octanol–water partition coefficient (Wildman–Crippen LogP) is 6.54. The first-order valence-electron chi connectivity index (χ1n) is 14.8. The van der Waals surface area contributed by atoms with Crippen LogP contribution in [0, 0.1) is 12.7 Å². The van der Waals surface area contributed by atoms with E-state index in [-0.39, 0.29) is 29.1 Å². The molecule has 0 saturated heterocycles. The largest absolute Gasteiger partial charge is 0.354 e. The van der Waals surface area contributed by atoms with Crippen molar-refractivity contribution in [3.63, 3.8) is 0 Å². The molecule has 4 aromatic rings. The normalized spacial score (nSPS) is 11.9. The van der Waals surface area contributed by atoms with Crippen LogP contribution in [0.2, 0.25) is 5.02 Å². The minimum absolute atomic E-state index is 0.0201. The van der Waals surface area contributed by atoms with Crippen LogP contribution in [0.3, 0.4) is 0 Å². The molecule has 2 amide bonds. The molecule has 236 valence electrons. The topological polar surface area (TPSA) is 86.8 Å². The molecule has 4 rings (SSSR count). The van der Waals surface area contributed by atoms with E-state index in [1.165, 1.54) is 29.2 Å². The van der Waals surface area contributed by atoms with E-state index < -0.39 is 40.2 Å². The van der Waals surface area contributed by atoms with E-state index in [0.717, 1.165) is 28.3 Å². The van der Waals surface area contributed by atoms with Gasteiger partial charge in [0.1, 0.15) is 18.4 Å². The van der Waals surface area contributed by atoms with Crippen LogP contribution in [-0.4, -0.2) is 44.3 Å². The Bertz CT molecular complexity index is 1700. The molecule has 0 spiro atoms. The van der Waals surface area contributed by atoms with E-state index in [9.17, 15) is 18.0 Å². The van der Waals surface area contributed by atoms with Crippen molar-refractivity contribution in [2.75, 3.05) is 17.4 Å². The lowest BCUT2D eigenvalue weighted by atomic mass is 10.0. The number of aryl methyl sites for hydroxylation is 1. The molecule has 45 heavy (non-hydrogen) atoms. The van der Waals surface area contributed by atoms with Crippen molar-refractivity contribution in [2.45, 2.75) is 50.6 Å². The zero-order chi connectivity index (χ0) is 32.4. The molecule has 0 bridgehead atoms. The van der Waals surface area contributed by atoms with Crippen molar-refractivity contribution in [1.29, 1.82) is 0 Å².